The van der Waals surface area contributed by atoms with Crippen LogP contribution in [0.5, 0.6) is 5.75 Å². The Hall–Kier alpha value is -3.61. The molecule has 2 aliphatic rings. The van der Waals surface area contributed by atoms with E-state index in [9.17, 15) is 9.59 Å². The zero-order valence-corrected chi connectivity index (χ0v) is 28.1. The Kier molecular flexibility index (Phi) is 10.7. The average Bonchev–Trinajstić information content (AvgIpc) is 3.55. The number of benzene rings is 2. The van der Waals surface area contributed by atoms with E-state index in [1.54, 1.807) is 7.11 Å². The standard InChI is InChI=1S/C38H52N4O3/c1-25(2)37(43)40-34-17-14-30(15-18-34)38(44)41(35-9-7-8-31(21-35)33-22-39-42(24-33)26(3)4)23-28-10-12-29(13-11-28)32-16-19-36(45-6)27(5)20-32/h7-9,16,19-22,24-26,28-30,34H,10-15,17-18,23H2,1-6H3,(H,40,43). The van der Waals surface area contributed by atoms with E-state index in [0.29, 0.717) is 11.8 Å². The summed E-state index contributed by atoms with van der Waals surface area (Å²) in [5, 5.41) is 7.74. The zero-order chi connectivity index (χ0) is 32.1. The third-order valence-electron chi connectivity index (χ3n) is 10.0. The second kappa shape index (κ2) is 14.7. The maximum Gasteiger partial charge on any atom is 0.230 e. The monoisotopic (exact) mass is 612 g/mol. The predicted molar refractivity (Wildman–Crippen MR) is 182 cm³/mol. The summed E-state index contributed by atoms with van der Waals surface area (Å²) < 4.78 is 7.46. The van der Waals surface area contributed by atoms with Gasteiger partial charge in [-0.25, -0.2) is 0 Å². The number of anilines is 1. The third kappa shape index (κ3) is 7.98. The summed E-state index contributed by atoms with van der Waals surface area (Å²) in [4.78, 5) is 28.7. The molecule has 1 N–H and O–H groups in total. The van der Waals surface area contributed by atoms with E-state index < -0.39 is 0 Å². The van der Waals surface area contributed by atoms with Crippen molar-refractivity contribution < 1.29 is 14.3 Å². The molecule has 2 aliphatic carbocycles. The van der Waals surface area contributed by atoms with Crippen LogP contribution >= 0.6 is 0 Å². The molecule has 0 saturated heterocycles. The van der Waals surface area contributed by atoms with Crippen molar-refractivity contribution >= 4 is 17.5 Å². The van der Waals surface area contributed by atoms with Gasteiger partial charge in [-0.3, -0.25) is 14.3 Å². The van der Waals surface area contributed by atoms with Gasteiger partial charge in [-0.1, -0.05) is 38.1 Å². The lowest BCUT2D eigenvalue weighted by Gasteiger charge is -2.36. The van der Waals surface area contributed by atoms with E-state index in [2.05, 4.69) is 84.7 Å². The van der Waals surface area contributed by atoms with Crippen LogP contribution in [0.3, 0.4) is 0 Å². The first-order valence-electron chi connectivity index (χ1n) is 17.0. The van der Waals surface area contributed by atoms with Gasteiger partial charge in [0.1, 0.15) is 5.75 Å². The topological polar surface area (TPSA) is 76.5 Å². The number of nitrogens with zero attached hydrogens (tertiary/aromatic N) is 3. The summed E-state index contributed by atoms with van der Waals surface area (Å²) in [6, 6.07) is 15.5. The molecule has 0 spiro atoms. The number of rotatable bonds is 10. The number of aromatic nitrogens is 2. The van der Waals surface area contributed by atoms with E-state index in [-0.39, 0.29) is 35.7 Å². The molecule has 2 amide bonds. The summed E-state index contributed by atoms with van der Waals surface area (Å²) in [6.45, 7) is 11.0. The number of aryl methyl sites for hydroxylation is 1. The Labute approximate surface area is 269 Å². The second-order valence-corrected chi connectivity index (χ2v) is 14.0. The molecule has 3 aromatic rings. The molecule has 7 nitrogen and oxygen atoms in total. The van der Waals surface area contributed by atoms with Crippen LogP contribution in [0.25, 0.3) is 11.1 Å². The maximum absolute atomic E-state index is 14.3. The van der Waals surface area contributed by atoms with Crippen molar-refractivity contribution in [3.05, 3.63) is 66.0 Å². The molecule has 2 saturated carbocycles. The van der Waals surface area contributed by atoms with Gasteiger partial charge in [-0.15, -0.1) is 0 Å². The quantitative estimate of drug-likeness (QED) is 0.251. The molecule has 0 atom stereocenters. The first kappa shape index (κ1) is 32.8. The first-order valence-corrected chi connectivity index (χ1v) is 17.0. The highest BCUT2D eigenvalue weighted by Gasteiger charge is 2.33. The van der Waals surface area contributed by atoms with Gasteiger partial charge < -0.3 is 15.0 Å². The van der Waals surface area contributed by atoms with Gasteiger partial charge in [-0.05, 0) is 119 Å². The van der Waals surface area contributed by atoms with E-state index >= 15 is 0 Å². The first-order chi connectivity index (χ1) is 21.6. The number of carbonyl (C=O) groups excluding carboxylic acids is 2. The zero-order valence-electron chi connectivity index (χ0n) is 28.1. The summed E-state index contributed by atoms with van der Waals surface area (Å²) >= 11 is 0. The molecule has 7 heteroatoms. The van der Waals surface area contributed by atoms with Crippen molar-refractivity contribution in [1.29, 1.82) is 0 Å². The minimum absolute atomic E-state index is 0.0244. The molecular weight excluding hydrogens is 560 g/mol. The van der Waals surface area contributed by atoms with Gasteiger partial charge in [0, 0.05) is 47.9 Å². The Morgan fingerprint density at radius 1 is 0.956 bits per heavy atom. The van der Waals surface area contributed by atoms with Crippen LogP contribution in [0.1, 0.15) is 102 Å². The number of ether oxygens (including phenoxy) is 1. The van der Waals surface area contributed by atoms with Gasteiger partial charge in [-0.2, -0.15) is 5.10 Å². The van der Waals surface area contributed by atoms with Crippen molar-refractivity contribution in [2.24, 2.45) is 17.8 Å². The fourth-order valence-corrected chi connectivity index (χ4v) is 7.11. The second-order valence-electron chi connectivity index (χ2n) is 14.0. The normalized spacial score (nSPS) is 22.0. The SMILES string of the molecule is COc1ccc(C2CCC(CN(C(=O)C3CCC(NC(=O)C(C)C)CC3)c3cccc(-c4cnn(C(C)C)c4)c3)CC2)cc1C. The average molecular weight is 613 g/mol. The van der Waals surface area contributed by atoms with E-state index in [1.807, 2.05) is 24.7 Å². The number of amides is 2. The van der Waals surface area contributed by atoms with Crippen molar-refractivity contribution in [1.82, 2.24) is 15.1 Å². The van der Waals surface area contributed by atoms with Crippen LogP contribution < -0.4 is 15.0 Å². The van der Waals surface area contributed by atoms with Crippen LogP contribution in [-0.4, -0.2) is 41.3 Å². The molecule has 0 radical (unpaired) electrons. The lowest BCUT2D eigenvalue weighted by molar-refractivity contribution is -0.125. The molecular formula is C38H52N4O3. The molecule has 2 fully saturated rings. The third-order valence-corrected chi connectivity index (χ3v) is 10.0. The van der Waals surface area contributed by atoms with E-state index in [4.69, 9.17) is 4.74 Å². The predicted octanol–water partition coefficient (Wildman–Crippen LogP) is 8.09. The lowest BCUT2D eigenvalue weighted by Crippen LogP contribution is -2.44. The van der Waals surface area contributed by atoms with Crippen molar-refractivity contribution in [2.75, 3.05) is 18.6 Å². The Bertz CT molecular complexity index is 1440. The Morgan fingerprint density at radius 2 is 1.69 bits per heavy atom. The summed E-state index contributed by atoms with van der Waals surface area (Å²) in [6.07, 6.45) is 11.8. The summed E-state index contributed by atoms with van der Waals surface area (Å²) in [5.74, 6) is 2.23. The number of hydrogen-bond donors (Lipinski definition) is 1. The van der Waals surface area contributed by atoms with Crippen LogP contribution in [-0.2, 0) is 9.59 Å². The molecule has 1 aromatic heterocycles. The van der Waals surface area contributed by atoms with Crippen LogP contribution in [0.15, 0.2) is 54.9 Å². The van der Waals surface area contributed by atoms with E-state index in [0.717, 1.165) is 80.5 Å². The summed E-state index contributed by atoms with van der Waals surface area (Å²) in [5.41, 5.74) is 5.70. The number of nitrogens with one attached hydrogen (secondary N) is 1. The van der Waals surface area contributed by atoms with Crippen molar-refractivity contribution in [3.8, 4) is 16.9 Å². The van der Waals surface area contributed by atoms with Crippen LogP contribution in [0, 0.1) is 24.7 Å². The fraction of sp³-hybridized carbons (Fsp3) is 0.553. The highest BCUT2D eigenvalue weighted by Crippen LogP contribution is 2.39. The van der Waals surface area contributed by atoms with Crippen molar-refractivity contribution in [3.63, 3.8) is 0 Å². The molecule has 242 valence electrons. The molecule has 5 rings (SSSR count). The van der Waals surface area contributed by atoms with Gasteiger partial charge in [0.15, 0.2) is 0 Å². The minimum atomic E-state index is -0.0248. The Morgan fingerprint density at radius 3 is 2.31 bits per heavy atom. The number of hydrogen-bond acceptors (Lipinski definition) is 4. The van der Waals surface area contributed by atoms with Crippen LogP contribution in [0.2, 0.25) is 0 Å². The van der Waals surface area contributed by atoms with Gasteiger partial charge in [0.25, 0.3) is 0 Å². The van der Waals surface area contributed by atoms with E-state index in [1.165, 1.54) is 11.1 Å². The van der Waals surface area contributed by atoms with Gasteiger partial charge in [0.2, 0.25) is 11.8 Å². The molecule has 0 aliphatic heterocycles. The minimum Gasteiger partial charge on any atom is -0.496 e. The molecule has 45 heavy (non-hydrogen) atoms. The Balaban J connectivity index is 1.32. The maximum atomic E-state index is 14.3. The number of methoxy groups -OCH3 is 1. The molecule has 0 unspecified atom stereocenters. The van der Waals surface area contributed by atoms with Gasteiger partial charge in [0.05, 0.1) is 13.3 Å². The fourth-order valence-electron chi connectivity index (χ4n) is 7.11. The van der Waals surface area contributed by atoms with Crippen molar-refractivity contribution in [2.45, 2.75) is 104 Å². The smallest absolute Gasteiger partial charge is 0.230 e. The lowest BCUT2D eigenvalue weighted by atomic mass is 9.78. The van der Waals surface area contributed by atoms with Crippen LogP contribution in [0.4, 0.5) is 5.69 Å². The van der Waals surface area contributed by atoms with Gasteiger partial charge >= 0.3 is 0 Å². The largest absolute Gasteiger partial charge is 0.496 e. The number of carbonyl (C=O) groups is 2. The molecule has 1 heterocycles. The highest BCUT2D eigenvalue weighted by molar-refractivity contribution is 5.95. The highest BCUT2D eigenvalue weighted by atomic mass is 16.5. The molecule has 2 aromatic carbocycles. The summed E-state index contributed by atoms with van der Waals surface area (Å²) in [7, 11) is 1.73. The molecule has 0 bridgehead atoms.